The van der Waals surface area contributed by atoms with Crippen molar-refractivity contribution in [1.29, 1.82) is 0 Å². The third kappa shape index (κ3) is 3.57. The minimum Gasteiger partial charge on any atom is -0.352 e. The van der Waals surface area contributed by atoms with Gasteiger partial charge < -0.3 is 15.4 Å². The first-order valence-electron chi connectivity index (χ1n) is 12.9. The third-order valence-corrected chi connectivity index (χ3v) is 9.55. The molecular weight excluding hydrogens is 516 g/mol. The van der Waals surface area contributed by atoms with Gasteiger partial charge in [0.2, 0.25) is 11.8 Å². The Bertz CT molecular complexity index is 1290. The summed E-state index contributed by atoms with van der Waals surface area (Å²) in [5, 5.41) is 10.1. The van der Waals surface area contributed by atoms with Crippen molar-refractivity contribution in [1.82, 2.24) is 10.6 Å². The van der Waals surface area contributed by atoms with Crippen LogP contribution in [0.5, 0.6) is 0 Å². The van der Waals surface area contributed by atoms with Crippen LogP contribution < -0.4 is 16.0 Å². The van der Waals surface area contributed by atoms with Gasteiger partial charge in [0, 0.05) is 34.1 Å². The highest BCUT2D eigenvalue weighted by atomic mass is 35.5. The number of hydrogen-bond donors (Lipinski definition) is 3. The molecule has 2 amide bonds. The molecule has 2 aromatic rings. The number of nitrogens with one attached hydrogen (secondary N) is 3. The zero-order valence-corrected chi connectivity index (χ0v) is 21.7. The lowest BCUT2D eigenvalue weighted by Crippen LogP contribution is -2.60. The van der Waals surface area contributed by atoms with E-state index in [1.54, 1.807) is 24.3 Å². The standard InChI is InChI=1S/C28H28Cl2FN3O3/c29-16-7-8-19-21(13-16)33-26(37)28(19)22(18-5-4-6-20(30)23(18)31)24(34-27(28)9-2-1-3-10-27)25(36)32-17-11-15(12-17)14-35/h4-8,13-15,17,22,24,34H,1-3,9-12H2,(H,32,36)(H,33,37)/t15?,17?,22-,24+,28+/m0/s1. The highest BCUT2D eigenvalue weighted by molar-refractivity contribution is 6.31. The molecule has 3 atom stereocenters. The fourth-order valence-corrected chi connectivity index (χ4v) is 7.75. The summed E-state index contributed by atoms with van der Waals surface area (Å²) in [6.07, 6.45) is 6.20. The fourth-order valence-electron chi connectivity index (χ4n) is 7.40. The molecule has 0 unspecified atom stereocenters. The Morgan fingerprint density at radius 3 is 2.59 bits per heavy atom. The number of carbonyl (C=O) groups is 3. The van der Waals surface area contributed by atoms with Gasteiger partial charge in [0.1, 0.15) is 17.5 Å². The molecule has 194 valence electrons. The number of fused-ring (bicyclic) bond motifs is 3. The van der Waals surface area contributed by atoms with E-state index in [2.05, 4.69) is 16.0 Å². The van der Waals surface area contributed by atoms with Crippen LogP contribution in [-0.4, -0.2) is 35.7 Å². The van der Waals surface area contributed by atoms with Gasteiger partial charge >= 0.3 is 0 Å². The van der Waals surface area contributed by atoms with Crippen LogP contribution in [0.1, 0.15) is 62.0 Å². The smallest absolute Gasteiger partial charge is 0.238 e. The highest BCUT2D eigenvalue weighted by Gasteiger charge is 2.72. The molecule has 6 nitrogen and oxygen atoms in total. The van der Waals surface area contributed by atoms with Gasteiger partial charge in [0.05, 0.1) is 11.1 Å². The van der Waals surface area contributed by atoms with E-state index in [1.807, 2.05) is 6.07 Å². The van der Waals surface area contributed by atoms with Gasteiger partial charge in [-0.15, -0.1) is 0 Å². The van der Waals surface area contributed by atoms with E-state index in [-0.39, 0.29) is 34.4 Å². The van der Waals surface area contributed by atoms with Gasteiger partial charge in [0.25, 0.3) is 0 Å². The van der Waals surface area contributed by atoms with Crippen molar-refractivity contribution in [2.24, 2.45) is 5.92 Å². The fraction of sp³-hybridized carbons (Fsp3) is 0.464. The molecule has 2 aliphatic heterocycles. The highest BCUT2D eigenvalue weighted by Crippen LogP contribution is 2.62. The van der Waals surface area contributed by atoms with Crippen LogP contribution in [0.3, 0.4) is 0 Å². The number of halogens is 3. The molecule has 2 heterocycles. The average molecular weight is 544 g/mol. The molecule has 2 saturated carbocycles. The first-order valence-corrected chi connectivity index (χ1v) is 13.6. The molecule has 0 radical (unpaired) electrons. The Morgan fingerprint density at radius 2 is 1.86 bits per heavy atom. The summed E-state index contributed by atoms with van der Waals surface area (Å²) in [5.74, 6) is -2.09. The quantitative estimate of drug-likeness (QED) is 0.480. The maximum absolute atomic E-state index is 15.8. The molecule has 4 aliphatic rings. The van der Waals surface area contributed by atoms with Gasteiger partial charge in [-0.1, -0.05) is 60.7 Å². The van der Waals surface area contributed by atoms with Crippen molar-refractivity contribution in [3.63, 3.8) is 0 Å². The summed E-state index contributed by atoms with van der Waals surface area (Å²) in [6.45, 7) is 0. The topological polar surface area (TPSA) is 87.3 Å². The second-order valence-corrected chi connectivity index (χ2v) is 11.8. The molecule has 1 saturated heterocycles. The van der Waals surface area contributed by atoms with E-state index in [0.717, 1.165) is 31.1 Å². The molecule has 2 aromatic carbocycles. The van der Waals surface area contributed by atoms with Crippen molar-refractivity contribution in [2.75, 3.05) is 5.32 Å². The number of anilines is 1. The number of aldehydes is 1. The van der Waals surface area contributed by atoms with Gasteiger partial charge in [0.15, 0.2) is 0 Å². The molecule has 2 spiro atoms. The Labute approximate surface area is 224 Å². The first kappa shape index (κ1) is 24.8. The Hall–Kier alpha value is -2.48. The molecule has 2 aliphatic carbocycles. The Balaban J connectivity index is 1.55. The maximum Gasteiger partial charge on any atom is 0.238 e. The van der Waals surface area contributed by atoms with Gasteiger partial charge in [-0.25, -0.2) is 4.39 Å². The molecular formula is C28H28Cl2FN3O3. The molecule has 9 heteroatoms. The second kappa shape index (κ2) is 9.07. The van der Waals surface area contributed by atoms with Crippen molar-refractivity contribution in [3.05, 3.63) is 63.4 Å². The molecule has 0 bridgehead atoms. The molecule has 0 aromatic heterocycles. The van der Waals surface area contributed by atoms with Gasteiger partial charge in [-0.2, -0.15) is 0 Å². The lowest BCUT2D eigenvalue weighted by atomic mass is 9.55. The summed E-state index contributed by atoms with van der Waals surface area (Å²) < 4.78 is 15.8. The lowest BCUT2D eigenvalue weighted by Gasteiger charge is -2.47. The van der Waals surface area contributed by atoms with E-state index in [1.165, 1.54) is 6.07 Å². The normalized spacial score (nSPS) is 31.6. The number of amides is 2. The van der Waals surface area contributed by atoms with Gasteiger partial charge in [-0.05, 0) is 55.0 Å². The zero-order chi connectivity index (χ0) is 25.9. The number of rotatable bonds is 4. The van der Waals surface area contributed by atoms with Crippen molar-refractivity contribution in [2.45, 2.75) is 73.9 Å². The monoisotopic (exact) mass is 543 g/mol. The lowest BCUT2D eigenvalue weighted by molar-refractivity contribution is -0.126. The molecule has 3 fully saturated rings. The van der Waals surface area contributed by atoms with E-state index in [0.29, 0.717) is 36.4 Å². The van der Waals surface area contributed by atoms with E-state index in [4.69, 9.17) is 23.2 Å². The molecule has 3 N–H and O–H groups in total. The summed E-state index contributed by atoms with van der Waals surface area (Å²) >= 11 is 12.5. The number of benzene rings is 2. The van der Waals surface area contributed by atoms with Crippen molar-refractivity contribution in [3.8, 4) is 0 Å². The maximum atomic E-state index is 15.8. The van der Waals surface area contributed by atoms with Crippen LogP contribution in [0, 0.1) is 11.7 Å². The summed E-state index contributed by atoms with van der Waals surface area (Å²) in [7, 11) is 0. The summed E-state index contributed by atoms with van der Waals surface area (Å²) in [5.41, 5.74) is -0.460. The average Bonchev–Trinajstić information content (AvgIpc) is 3.30. The minimum absolute atomic E-state index is 0.0565. The largest absolute Gasteiger partial charge is 0.352 e. The summed E-state index contributed by atoms with van der Waals surface area (Å²) in [6, 6.07) is 9.04. The number of carbonyl (C=O) groups excluding carboxylic acids is 3. The first-order chi connectivity index (χ1) is 17.8. The minimum atomic E-state index is -1.24. The third-order valence-electron chi connectivity index (χ3n) is 9.02. The van der Waals surface area contributed by atoms with E-state index in [9.17, 15) is 14.4 Å². The number of hydrogen-bond acceptors (Lipinski definition) is 4. The van der Waals surface area contributed by atoms with Crippen LogP contribution in [0.15, 0.2) is 36.4 Å². The van der Waals surface area contributed by atoms with Crippen molar-refractivity contribution < 1.29 is 18.8 Å². The van der Waals surface area contributed by atoms with Crippen LogP contribution in [0.25, 0.3) is 0 Å². The van der Waals surface area contributed by atoms with Crippen LogP contribution in [0.4, 0.5) is 10.1 Å². The molecule has 37 heavy (non-hydrogen) atoms. The predicted octanol–water partition coefficient (Wildman–Crippen LogP) is 4.87. The summed E-state index contributed by atoms with van der Waals surface area (Å²) in [4.78, 5) is 39.2. The Kier molecular flexibility index (Phi) is 6.09. The SMILES string of the molecule is O=CC1CC(NC(=O)[C@@H]2NC3(CCCCC3)[C@@]3(C(=O)Nc4cc(Cl)ccc43)[C@H]2c2cccc(Cl)c2F)C1. The van der Waals surface area contributed by atoms with Crippen LogP contribution in [-0.2, 0) is 19.8 Å². The van der Waals surface area contributed by atoms with E-state index < -0.39 is 28.7 Å². The van der Waals surface area contributed by atoms with Crippen LogP contribution >= 0.6 is 23.2 Å². The second-order valence-electron chi connectivity index (χ2n) is 10.9. The van der Waals surface area contributed by atoms with Crippen LogP contribution in [0.2, 0.25) is 10.0 Å². The molecule has 6 rings (SSSR count). The Morgan fingerprint density at radius 1 is 1.11 bits per heavy atom. The zero-order valence-electron chi connectivity index (χ0n) is 20.2. The van der Waals surface area contributed by atoms with Crippen molar-refractivity contribution >= 4 is 47.0 Å². The van der Waals surface area contributed by atoms with E-state index >= 15 is 4.39 Å². The van der Waals surface area contributed by atoms with Gasteiger partial charge in [-0.3, -0.25) is 14.9 Å². The predicted molar refractivity (Wildman–Crippen MR) is 139 cm³/mol.